The molecule has 9 heteroatoms. The van der Waals surface area contributed by atoms with Crippen molar-refractivity contribution in [1.82, 2.24) is 29.8 Å². The van der Waals surface area contributed by atoms with Crippen LogP contribution >= 0.6 is 0 Å². The summed E-state index contributed by atoms with van der Waals surface area (Å²) in [6.07, 6.45) is 6.99. The van der Waals surface area contributed by atoms with Crippen LogP contribution < -0.4 is 5.32 Å². The van der Waals surface area contributed by atoms with Crippen molar-refractivity contribution in [1.29, 1.82) is 0 Å². The van der Waals surface area contributed by atoms with Gasteiger partial charge in [0.25, 0.3) is 5.91 Å². The Kier molecular flexibility index (Phi) is 7.55. The Morgan fingerprint density at radius 1 is 0.925 bits per heavy atom. The summed E-state index contributed by atoms with van der Waals surface area (Å²) in [6, 6.07) is 17.3. The third-order valence-electron chi connectivity index (χ3n) is 8.20. The molecule has 0 atom stereocenters. The van der Waals surface area contributed by atoms with Crippen molar-refractivity contribution >= 4 is 28.5 Å². The summed E-state index contributed by atoms with van der Waals surface area (Å²) in [5.74, 6) is 0.213. The van der Waals surface area contributed by atoms with Gasteiger partial charge in [0, 0.05) is 49.1 Å². The lowest BCUT2D eigenvalue weighted by atomic mass is 9.95. The number of anilines is 1. The second-order valence-corrected chi connectivity index (χ2v) is 10.9. The molecule has 4 aromatic rings. The third-order valence-corrected chi connectivity index (χ3v) is 8.20. The summed E-state index contributed by atoms with van der Waals surface area (Å²) < 4.78 is 1.98. The van der Waals surface area contributed by atoms with Gasteiger partial charge in [0.05, 0.1) is 17.4 Å². The number of aryl methyl sites for hydroxylation is 1. The molecule has 0 radical (unpaired) electrons. The molecule has 2 aromatic carbocycles. The average Bonchev–Trinajstić information content (AvgIpc) is 3.37. The van der Waals surface area contributed by atoms with Crippen molar-refractivity contribution in [2.24, 2.45) is 13.0 Å². The highest BCUT2D eigenvalue weighted by molar-refractivity contribution is 5.96. The summed E-state index contributed by atoms with van der Waals surface area (Å²) in [6.45, 7) is 4.26. The normalized spacial score (nSPS) is 16.8. The number of hydrogen-bond acceptors (Lipinski definition) is 6. The predicted octanol–water partition coefficient (Wildman–Crippen LogP) is 4.51. The number of nitrogens with one attached hydrogen (secondary N) is 1. The molecular weight excluding hydrogens is 502 g/mol. The molecule has 0 aliphatic carbocycles. The SMILES string of the molecule is Cn1ncc(-c2ccc3nnc(NC(=O)C4CCN(C(=O)c5ccccc5)CC4)cc3c2)c1CN1CCCCC1. The van der Waals surface area contributed by atoms with Crippen molar-refractivity contribution in [2.45, 2.75) is 38.6 Å². The number of aromatic nitrogens is 4. The maximum atomic E-state index is 13.1. The first-order valence-electron chi connectivity index (χ1n) is 14.2. The minimum Gasteiger partial charge on any atom is -0.339 e. The number of fused-ring (bicyclic) bond motifs is 1. The van der Waals surface area contributed by atoms with E-state index in [2.05, 4.69) is 37.6 Å². The molecule has 0 bridgehead atoms. The quantitative estimate of drug-likeness (QED) is 0.389. The lowest BCUT2D eigenvalue weighted by Gasteiger charge is -2.31. The zero-order valence-electron chi connectivity index (χ0n) is 22.9. The van der Waals surface area contributed by atoms with Gasteiger partial charge in [-0.05, 0) is 74.7 Å². The summed E-state index contributed by atoms with van der Waals surface area (Å²) in [5, 5.41) is 17.1. The van der Waals surface area contributed by atoms with Crippen LogP contribution in [-0.4, -0.2) is 67.8 Å². The van der Waals surface area contributed by atoms with Gasteiger partial charge in [-0.15, -0.1) is 10.2 Å². The van der Waals surface area contributed by atoms with Crippen molar-refractivity contribution < 1.29 is 9.59 Å². The van der Waals surface area contributed by atoms with Gasteiger partial charge in [0.15, 0.2) is 5.82 Å². The summed E-state index contributed by atoms with van der Waals surface area (Å²) in [4.78, 5) is 30.2. The van der Waals surface area contributed by atoms with E-state index in [-0.39, 0.29) is 17.7 Å². The number of rotatable bonds is 6. The second kappa shape index (κ2) is 11.6. The zero-order chi connectivity index (χ0) is 27.5. The molecule has 2 aliphatic rings. The van der Waals surface area contributed by atoms with E-state index in [9.17, 15) is 9.59 Å². The molecule has 4 heterocycles. The van der Waals surface area contributed by atoms with E-state index in [1.54, 1.807) is 0 Å². The molecule has 0 saturated carbocycles. The van der Waals surface area contributed by atoms with E-state index in [1.807, 2.05) is 65.3 Å². The fraction of sp³-hybridized carbons (Fsp3) is 0.387. The Bertz CT molecular complexity index is 1500. The number of likely N-dealkylation sites (tertiary alicyclic amines) is 2. The predicted molar refractivity (Wildman–Crippen MR) is 155 cm³/mol. The molecule has 2 saturated heterocycles. The molecule has 206 valence electrons. The molecule has 1 N–H and O–H groups in total. The van der Waals surface area contributed by atoms with Gasteiger partial charge >= 0.3 is 0 Å². The van der Waals surface area contributed by atoms with E-state index in [1.165, 1.54) is 25.0 Å². The minimum absolute atomic E-state index is 0.0170. The van der Waals surface area contributed by atoms with Gasteiger partial charge in [-0.25, -0.2) is 0 Å². The smallest absolute Gasteiger partial charge is 0.253 e. The summed E-state index contributed by atoms with van der Waals surface area (Å²) in [5.41, 5.74) is 4.86. The van der Waals surface area contributed by atoms with Crippen LogP contribution in [0.3, 0.4) is 0 Å². The highest BCUT2D eigenvalue weighted by Gasteiger charge is 2.28. The largest absolute Gasteiger partial charge is 0.339 e. The number of carbonyl (C=O) groups is 2. The van der Waals surface area contributed by atoms with Crippen LogP contribution in [0.15, 0.2) is 60.8 Å². The van der Waals surface area contributed by atoms with Crippen LogP contribution in [0.2, 0.25) is 0 Å². The highest BCUT2D eigenvalue weighted by atomic mass is 16.2. The number of carbonyl (C=O) groups excluding carboxylic acids is 2. The first-order valence-corrected chi connectivity index (χ1v) is 14.2. The maximum absolute atomic E-state index is 13.1. The van der Waals surface area contributed by atoms with Crippen LogP contribution in [0.5, 0.6) is 0 Å². The van der Waals surface area contributed by atoms with Gasteiger partial charge in [-0.1, -0.05) is 30.7 Å². The fourth-order valence-electron chi connectivity index (χ4n) is 5.83. The van der Waals surface area contributed by atoms with Crippen molar-refractivity contribution in [3.63, 3.8) is 0 Å². The minimum atomic E-state index is -0.170. The number of benzene rings is 2. The van der Waals surface area contributed by atoms with Gasteiger partial charge in [0.2, 0.25) is 5.91 Å². The van der Waals surface area contributed by atoms with Gasteiger partial charge in [-0.2, -0.15) is 5.10 Å². The lowest BCUT2D eigenvalue weighted by Crippen LogP contribution is -2.41. The fourth-order valence-corrected chi connectivity index (χ4v) is 5.83. The first-order chi connectivity index (χ1) is 19.5. The van der Waals surface area contributed by atoms with Crippen LogP contribution in [0, 0.1) is 5.92 Å². The summed E-state index contributed by atoms with van der Waals surface area (Å²) >= 11 is 0. The van der Waals surface area contributed by atoms with Gasteiger partial charge in [-0.3, -0.25) is 19.2 Å². The van der Waals surface area contributed by atoms with E-state index in [0.29, 0.717) is 37.3 Å². The number of hydrogen-bond donors (Lipinski definition) is 1. The average molecular weight is 538 g/mol. The van der Waals surface area contributed by atoms with E-state index in [0.717, 1.165) is 41.7 Å². The highest BCUT2D eigenvalue weighted by Crippen LogP contribution is 2.29. The molecule has 2 aromatic heterocycles. The van der Waals surface area contributed by atoms with E-state index >= 15 is 0 Å². The second-order valence-electron chi connectivity index (χ2n) is 10.9. The molecule has 6 rings (SSSR count). The van der Waals surface area contributed by atoms with E-state index in [4.69, 9.17) is 0 Å². The standard InChI is InChI=1S/C31H35N7O2/c1-36-28(21-37-14-6-3-7-15-37)26(20-32-36)24-10-11-27-25(18-24)19-29(35-34-27)33-30(39)22-12-16-38(17-13-22)31(40)23-8-4-2-5-9-23/h2,4-5,8-11,18-20,22H,3,6-7,12-17,21H2,1H3,(H,33,35,39). The topological polar surface area (TPSA) is 96.2 Å². The zero-order valence-corrected chi connectivity index (χ0v) is 22.9. The maximum Gasteiger partial charge on any atom is 0.253 e. The Balaban J connectivity index is 1.13. The summed E-state index contributed by atoms with van der Waals surface area (Å²) in [7, 11) is 2.00. The first kappa shape index (κ1) is 26.1. The molecule has 0 spiro atoms. The van der Waals surface area contributed by atoms with Crippen LogP contribution in [0.1, 0.15) is 48.2 Å². The van der Waals surface area contributed by atoms with Crippen LogP contribution in [-0.2, 0) is 18.4 Å². The van der Waals surface area contributed by atoms with Gasteiger partial charge in [0.1, 0.15) is 0 Å². The molecule has 40 heavy (non-hydrogen) atoms. The number of amides is 2. The van der Waals surface area contributed by atoms with Gasteiger partial charge < -0.3 is 10.2 Å². The molecule has 2 fully saturated rings. The van der Waals surface area contributed by atoms with Crippen LogP contribution in [0.4, 0.5) is 5.82 Å². The molecular formula is C31H35N7O2. The van der Waals surface area contributed by atoms with Crippen molar-refractivity contribution in [3.8, 4) is 11.1 Å². The Labute approximate surface area is 234 Å². The Hall–Kier alpha value is -4.11. The van der Waals surface area contributed by atoms with E-state index < -0.39 is 0 Å². The van der Waals surface area contributed by atoms with Crippen LogP contribution in [0.25, 0.3) is 22.0 Å². The van der Waals surface area contributed by atoms with Crippen molar-refractivity contribution in [3.05, 3.63) is 72.1 Å². The third kappa shape index (κ3) is 5.60. The Morgan fingerprint density at radius 2 is 1.70 bits per heavy atom. The molecule has 2 aliphatic heterocycles. The lowest BCUT2D eigenvalue weighted by molar-refractivity contribution is -0.121. The monoisotopic (exact) mass is 537 g/mol. The molecule has 2 amide bonds. The Morgan fingerprint density at radius 3 is 2.48 bits per heavy atom. The molecule has 9 nitrogen and oxygen atoms in total. The molecule has 0 unspecified atom stereocenters. The number of piperidine rings is 2. The number of nitrogens with zero attached hydrogens (tertiary/aromatic N) is 6. The van der Waals surface area contributed by atoms with Crippen molar-refractivity contribution in [2.75, 3.05) is 31.5 Å².